The van der Waals surface area contributed by atoms with Crippen molar-refractivity contribution in [1.29, 1.82) is 0 Å². The third kappa shape index (κ3) is 0.864. The highest BCUT2D eigenvalue weighted by atomic mass is 16.9. The van der Waals surface area contributed by atoms with Crippen molar-refractivity contribution in [3.63, 3.8) is 0 Å². The summed E-state index contributed by atoms with van der Waals surface area (Å²) in [5.74, 6) is -0.0990. The van der Waals surface area contributed by atoms with Crippen molar-refractivity contribution in [2.45, 2.75) is 37.9 Å². The molecule has 0 unspecified atom stereocenters. The van der Waals surface area contributed by atoms with Gasteiger partial charge in [-0.3, -0.25) is 0 Å². The molecule has 2 rings (SSSR count). The molecule has 9 heavy (non-hydrogen) atoms. The first-order valence-corrected chi connectivity index (χ1v) is 3.69. The average molecular weight is 128 g/mol. The Kier molecular flexibility index (Phi) is 1.24. The second kappa shape index (κ2) is 1.96. The smallest absolute Gasteiger partial charge is 0.174 e. The van der Waals surface area contributed by atoms with Crippen molar-refractivity contribution in [2.75, 3.05) is 6.79 Å². The van der Waals surface area contributed by atoms with E-state index in [1.54, 1.807) is 0 Å². The van der Waals surface area contributed by atoms with Crippen LogP contribution < -0.4 is 0 Å². The predicted octanol–water partition coefficient (Wildman–Crippen LogP) is 1.65. The SMILES string of the molecule is C1CCC2(CC1)OCO2. The minimum atomic E-state index is -0.0990. The van der Waals surface area contributed by atoms with Gasteiger partial charge in [0.25, 0.3) is 0 Å². The minimum Gasteiger partial charge on any atom is -0.324 e. The molecule has 1 aliphatic carbocycles. The summed E-state index contributed by atoms with van der Waals surface area (Å²) in [5.41, 5.74) is 0. The zero-order valence-electron chi connectivity index (χ0n) is 5.56. The summed E-state index contributed by atoms with van der Waals surface area (Å²) < 4.78 is 10.7. The van der Waals surface area contributed by atoms with Gasteiger partial charge in [-0.2, -0.15) is 0 Å². The molecule has 2 fully saturated rings. The fourth-order valence-corrected chi connectivity index (χ4v) is 1.60. The van der Waals surface area contributed by atoms with Crippen molar-refractivity contribution in [1.82, 2.24) is 0 Å². The summed E-state index contributed by atoms with van der Waals surface area (Å²) in [6, 6.07) is 0. The molecule has 0 amide bonds. The number of rotatable bonds is 0. The molecule has 0 N–H and O–H groups in total. The van der Waals surface area contributed by atoms with E-state index in [0.717, 1.165) is 12.8 Å². The van der Waals surface area contributed by atoms with E-state index in [4.69, 9.17) is 9.47 Å². The molecule has 1 saturated heterocycles. The summed E-state index contributed by atoms with van der Waals surface area (Å²) in [6.07, 6.45) is 6.15. The lowest BCUT2D eigenvalue weighted by atomic mass is 9.93. The van der Waals surface area contributed by atoms with E-state index in [0.29, 0.717) is 6.79 Å². The van der Waals surface area contributed by atoms with Crippen molar-refractivity contribution < 1.29 is 9.47 Å². The highest BCUT2D eigenvalue weighted by Crippen LogP contribution is 2.37. The fourth-order valence-electron chi connectivity index (χ4n) is 1.60. The third-order valence-corrected chi connectivity index (χ3v) is 2.26. The Bertz CT molecular complexity index is 99.5. The summed E-state index contributed by atoms with van der Waals surface area (Å²) >= 11 is 0. The normalized spacial score (nSPS) is 32.0. The van der Waals surface area contributed by atoms with E-state index in [-0.39, 0.29) is 5.79 Å². The summed E-state index contributed by atoms with van der Waals surface area (Å²) in [4.78, 5) is 0. The highest BCUT2D eigenvalue weighted by Gasteiger charge is 2.40. The molecule has 0 aromatic heterocycles. The molecular formula is C7H12O2. The topological polar surface area (TPSA) is 18.5 Å². The van der Waals surface area contributed by atoms with Gasteiger partial charge in [0, 0.05) is 12.8 Å². The molecule has 0 aromatic rings. The Morgan fingerprint density at radius 2 is 1.56 bits per heavy atom. The lowest BCUT2D eigenvalue weighted by molar-refractivity contribution is -0.406. The van der Waals surface area contributed by atoms with Crippen LogP contribution >= 0.6 is 0 Å². The lowest BCUT2D eigenvalue weighted by Gasteiger charge is -2.43. The van der Waals surface area contributed by atoms with Gasteiger partial charge in [-0.05, 0) is 12.8 Å². The third-order valence-electron chi connectivity index (χ3n) is 2.26. The first kappa shape index (κ1) is 5.69. The maximum atomic E-state index is 5.34. The average Bonchev–Trinajstić information content (AvgIpc) is 1.87. The van der Waals surface area contributed by atoms with Gasteiger partial charge < -0.3 is 9.47 Å². The largest absolute Gasteiger partial charge is 0.324 e. The number of hydrogen-bond acceptors (Lipinski definition) is 2. The molecule has 2 nitrogen and oxygen atoms in total. The molecule has 0 atom stereocenters. The molecule has 1 aliphatic heterocycles. The maximum Gasteiger partial charge on any atom is 0.174 e. The van der Waals surface area contributed by atoms with Crippen molar-refractivity contribution in [3.8, 4) is 0 Å². The zero-order chi connectivity index (χ0) is 6.16. The molecule has 1 spiro atoms. The van der Waals surface area contributed by atoms with E-state index in [1.807, 2.05) is 0 Å². The first-order chi connectivity index (χ1) is 4.41. The Morgan fingerprint density at radius 1 is 0.889 bits per heavy atom. The van der Waals surface area contributed by atoms with Crippen LogP contribution in [0, 0.1) is 0 Å². The standard InChI is InChI=1S/C7H12O2/c1-2-4-7(5-3-1)8-6-9-7/h1-6H2. The van der Waals surface area contributed by atoms with Gasteiger partial charge in [0.1, 0.15) is 0 Å². The Labute approximate surface area is 55.1 Å². The van der Waals surface area contributed by atoms with Gasteiger partial charge >= 0.3 is 0 Å². The number of hydrogen-bond donors (Lipinski definition) is 0. The van der Waals surface area contributed by atoms with Crippen LogP contribution in [0.2, 0.25) is 0 Å². The van der Waals surface area contributed by atoms with Crippen LogP contribution in [-0.2, 0) is 9.47 Å². The Morgan fingerprint density at radius 3 is 1.89 bits per heavy atom. The van der Waals surface area contributed by atoms with Gasteiger partial charge in [-0.1, -0.05) is 6.42 Å². The molecule has 1 saturated carbocycles. The molecule has 0 radical (unpaired) electrons. The minimum absolute atomic E-state index is 0.0990. The molecule has 1 heterocycles. The summed E-state index contributed by atoms with van der Waals surface area (Å²) in [7, 11) is 0. The second-order valence-corrected chi connectivity index (χ2v) is 2.88. The quantitative estimate of drug-likeness (QED) is 0.494. The molecule has 2 heteroatoms. The molecule has 0 aromatic carbocycles. The first-order valence-electron chi connectivity index (χ1n) is 3.69. The molecule has 2 aliphatic rings. The van der Waals surface area contributed by atoms with Crippen LogP contribution in [0.15, 0.2) is 0 Å². The maximum absolute atomic E-state index is 5.34. The van der Waals surface area contributed by atoms with Crippen LogP contribution in [0.1, 0.15) is 32.1 Å². The van der Waals surface area contributed by atoms with Crippen molar-refractivity contribution in [2.24, 2.45) is 0 Å². The van der Waals surface area contributed by atoms with Gasteiger partial charge in [0.2, 0.25) is 0 Å². The van der Waals surface area contributed by atoms with Crippen LogP contribution in [0.4, 0.5) is 0 Å². The van der Waals surface area contributed by atoms with Crippen LogP contribution in [0.3, 0.4) is 0 Å². The Hall–Kier alpha value is -0.0800. The van der Waals surface area contributed by atoms with E-state index in [9.17, 15) is 0 Å². The second-order valence-electron chi connectivity index (χ2n) is 2.88. The van der Waals surface area contributed by atoms with Gasteiger partial charge in [-0.25, -0.2) is 0 Å². The van der Waals surface area contributed by atoms with Gasteiger partial charge in [0.05, 0.1) is 0 Å². The lowest BCUT2D eigenvalue weighted by Crippen LogP contribution is -2.47. The van der Waals surface area contributed by atoms with Crippen molar-refractivity contribution >= 4 is 0 Å². The zero-order valence-corrected chi connectivity index (χ0v) is 5.56. The van der Waals surface area contributed by atoms with E-state index >= 15 is 0 Å². The molecule has 52 valence electrons. The monoisotopic (exact) mass is 128 g/mol. The van der Waals surface area contributed by atoms with Crippen LogP contribution in [-0.4, -0.2) is 12.6 Å². The van der Waals surface area contributed by atoms with Gasteiger partial charge in [0.15, 0.2) is 12.6 Å². The van der Waals surface area contributed by atoms with E-state index in [2.05, 4.69) is 0 Å². The van der Waals surface area contributed by atoms with Crippen LogP contribution in [0.5, 0.6) is 0 Å². The Balaban J connectivity index is 1.93. The summed E-state index contributed by atoms with van der Waals surface area (Å²) in [6.45, 7) is 0.528. The fraction of sp³-hybridized carbons (Fsp3) is 1.00. The van der Waals surface area contributed by atoms with Crippen LogP contribution in [0.25, 0.3) is 0 Å². The summed E-state index contributed by atoms with van der Waals surface area (Å²) in [5, 5.41) is 0. The molecular weight excluding hydrogens is 116 g/mol. The molecule has 0 bridgehead atoms. The highest BCUT2D eigenvalue weighted by molar-refractivity contribution is 4.77. The van der Waals surface area contributed by atoms with E-state index in [1.165, 1.54) is 19.3 Å². The van der Waals surface area contributed by atoms with E-state index < -0.39 is 0 Å². The van der Waals surface area contributed by atoms with Crippen molar-refractivity contribution in [3.05, 3.63) is 0 Å². The number of ether oxygens (including phenoxy) is 2. The predicted molar refractivity (Wildman–Crippen MR) is 32.9 cm³/mol. The van der Waals surface area contributed by atoms with Gasteiger partial charge in [-0.15, -0.1) is 0 Å².